The Hall–Kier alpha value is -0.410. The standard InChI is InChI=1S/C10H16N2S/c1-6-7(2)13-10(12-6)9(11)8-4-3-5-8/h8-9H,3-5,11H2,1-2H3. The third-order valence-corrected chi connectivity index (χ3v) is 4.16. The Morgan fingerprint density at radius 1 is 1.46 bits per heavy atom. The van der Waals surface area contributed by atoms with Crippen molar-refractivity contribution in [2.75, 3.05) is 0 Å². The average Bonchev–Trinajstić information content (AvgIpc) is 2.28. The molecule has 1 aromatic rings. The van der Waals surface area contributed by atoms with E-state index in [-0.39, 0.29) is 6.04 Å². The van der Waals surface area contributed by atoms with Gasteiger partial charge in [0.05, 0.1) is 11.7 Å². The van der Waals surface area contributed by atoms with Crippen molar-refractivity contribution in [3.05, 3.63) is 15.6 Å². The van der Waals surface area contributed by atoms with Crippen LogP contribution in [0.4, 0.5) is 0 Å². The summed E-state index contributed by atoms with van der Waals surface area (Å²) >= 11 is 1.76. The second kappa shape index (κ2) is 3.39. The largest absolute Gasteiger partial charge is 0.322 e. The lowest BCUT2D eigenvalue weighted by molar-refractivity contribution is 0.264. The monoisotopic (exact) mass is 196 g/mol. The van der Waals surface area contributed by atoms with E-state index in [1.54, 1.807) is 11.3 Å². The van der Waals surface area contributed by atoms with Gasteiger partial charge in [-0.05, 0) is 32.6 Å². The number of aryl methyl sites for hydroxylation is 2. The molecule has 0 saturated heterocycles. The smallest absolute Gasteiger partial charge is 0.110 e. The first-order valence-electron chi connectivity index (χ1n) is 4.88. The van der Waals surface area contributed by atoms with Crippen molar-refractivity contribution in [3.63, 3.8) is 0 Å². The third kappa shape index (κ3) is 1.63. The fourth-order valence-electron chi connectivity index (χ4n) is 1.64. The fraction of sp³-hybridized carbons (Fsp3) is 0.700. The van der Waals surface area contributed by atoms with Crippen molar-refractivity contribution in [3.8, 4) is 0 Å². The molecule has 3 heteroatoms. The maximum Gasteiger partial charge on any atom is 0.110 e. The Labute approximate surface area is 83.2 Å². The fourth-order valence-corrected chi connectivity index (χ4v) is 2.66. The maximum atomic E-state index is 6.13. The van der Waals surface area contributed by atoms with Gasteiger partial charge in [0.25, 0.3) is 0 Å². The highest BCUT2D eigenvalue weighted by molar-refractivity contribution is 7.11. The highest BCUT2D eigenvalue weighted by Crippen LogP contribution is 2.37. The molecule has 72 valence electrons. The highest BCUT2D eigenvalue weighted by Gasteiger charge is 2.27. The predicted molar refractivity (Wildman–Crippen MR) is 55.9 cm³/mol. The summed E-state index contributed by atoms with van der Waals surface area (Å²) in [6.45, 7) is 4.17. The van der Waals surface area contributed by atoms with E-state index < -0.39 is 0 Å². The number of hydrogen-bond acceptors (Lipinski definition) is 3. The molecule has 1 heterocycles. The van der Waals surface area contributed by atoms with Crippen molar-refractivity contribution in [1.82, 2.24) is 4.98 Å². The molecule has 1 aliphatic rings. The molecule has 0 radical (unpaired) electrons. The minimum atomic E-state index is 0.200. The lowest BCUT2D eigenvalue weighted by Gasteiger charge is -2.29. The van der Waals surface area contributed by atoms with Crippen molar-refractivity contribution in [2.24, 2.45) is 11.7 Å². The predicted octanol–water partition coefficient (Wildman–Crippen LogP) is 2.56. The average molecular weight is 196 g/mol. The van der Waals surface area contributed by atoms with Crippen LogP contribution >= 0.6 is 11.3 Å². The van der Waals surface area contributed by atoms with E-state index in [9.17, 15) is 0 Å². The van der Waals surface area contributed by atoms with E-state index >= 15 is 0 Å². The van der Waals surface area contributed by atoms with Gasteiger partial charge in [0.15, 0.2) is 0 Å². The van der Waals surface area contributed by atoms with Crippen LogP contribution in [-0.4, -0.2) is 4.98 Å². The van der Waals surface area contributed by atoms with Crippen LogP contribution in [0.3, 0.4) is 0 Å². The lowest BCUT2D eigenvalue weighted by Crippen LogP contribution is -2.26. The van der Waals surface area contributed by atoms with Crippen molar-refractivity contribution >= 4 is 11.3 Å². The quantitative estimate of drug-likeness (QED) is 0.789. The van der Waals surface area contributed by atoms with Gasteiger partial charge in [-0.25, -0.2) is 4.98 Å². The van der Waals surface area contributed by atoms with Crippen LogP contribution in [0.2, 0.25) is 0 Å². The summed E-state index contributed by atoms with van der Waals surface area (Å²) in [5.41, 5.74) is 7.28. The summed E-state index contributed by atoms with van der Waals surface area (Å²) in [6, 6.07) is 0.200. The van der Waals surface area contributed by atoms with Crippen LogP contribution in [0.25, 0.3) is 0 Å². The zero-order chi connectivity index (χ0) is 9.42. The molecule has 13 heavy (non-hydrogen) atoms. The van der Waals surface area contributed by atoms with Gasteiger partial charge in [-0.2, -0.15) is 0 Å². The lowest BCUT2D eigenvalue weighted by atomic mass is 9.80. The van der Waals surface area contributed by atoms with Crippen LogP contribution in [0.5, 0.6) is 0 Å². The molecule has 0 aliphatic heterocycles. The van der Waals surface area contributed by atoms with Crippen molar-refractivity contribution in [1.29, 1.82) is 0 Å². The zero-order valence-electron chi connectivity index (χ0n) is 8.21. The van der Waals surface area contributed by atoms with Gasteiger partial charge in [0.2, 0.25) is 0 Å². The van der Waals surface area contributed by atoms with Crippen LogP contribution in [0.15, 0.2) is 0 Å². The molecule has 2 N–H and O–H groups in total. The first-order chi connectivity index (χ1) is 6.18. The van der Waals surface area contributed by atoms with Crippen LogP contribution in [0.1, 0.15) is 40.9 Å². The molecule has 1 saturated carbocycles. The Morgan fingerprint density at radius 3 is 2.54 bits per heavy atom. The molecular formula is C10H16N2S. The van der Waals surface area contributed by atoms with Gasteiger partial charge in [0.1, 0.15) is 5.01 Å². The molecule has 2 nitrogen and oxygen atoms in total. The molecule has 0 amide bonds. The summed E-state index contributed by atoms with van der Waals surface area (Å²) in [5.74, 6) is 0.699. The number of hydrogen-bond donors (Lipinski definition) is 1. The molecule has 1 atom stereocenters. The van der Waals surface area contributed by atoms with Gasteiger partial charge >= 0.3 is 0 Å². The Morgan fingerprint density at radius 2 is 2.15 bits per heavy atom. The number of aromatic nitrogens is 1. The van der Waals surface area contributed by atoms with Gasteiger partial charge in [-0.3, -0.25) is 0 Å². The first kappa shape index (κ1) is 9.16. The first-order valence-corrected chi connectivity index (χ1v) is 5.69. The van der Waals surface area contributed by atoms with Crippen molar-refractivity contribution < 1.29 is 0 Å². The second-order valence-electron chi connectivity index (χ2n) is 3.91. The molecule has 1 aromatic heterocycles. The topological polar surface area (TPSA) is 38.9 Å². The second-order valence-corrected chi connectivity index (χ2v) is 5.15. The third-order valence-electron chi connectivity index (χ3n) is 2.99. The summed E-state index contributed by atoms with van der Waals surface area (Å²) in [7, 11) is 0. The normalized spacial score (nSPS) is 19.9. The molecule has 2 rings (SSSR count). The number of rotatable bonds is 2. The highest BCUT2D eigenvalue weighted by atomic mass is 32.1. The summed E-state index contributed by atoms with van der Waals surface area (Å²) in [5, 5.41) is 1.14. The zero-order valence-corrected chi connectivity index (χ0v) is 9.03. The molecule has 1 aliphatic carbocycles. The summed E-state index contributed by atoms with van der Waals surface area (Å²) in [4.78, 5) is 5.82. The van der Waals surface area contributed by atoms with E-state index in [4.69, 9.17) is 5.73 Å². The summed E-state index contributed by atoms with van der Waals surface area (Å²) < 4.78 is 0. The maximum absolute atomic E-state index is 6.13. The van der Waals surface area contributed by atoms with Crippen LogP contribution in [-0.2, 0) is 0 Å². The SMILES string of the molecule is Cc1nc(C(N)C2CCC2)sc1C. The van der Waals surface area contributed by atoms with Gasteiger partial charge in [0, 0.05) is 4.88 Å². The molecule has 0 aromatic carbocycles. The Bertz CT molecular complexity index is 282. The van der Waals surface area contributed by atoms with E-state index in [1.807, 2.05) is 0 Å². The van der Waals surface area contributed by atoms with E-state index in [2.05, 4.69) is 18.8 Å². The van der Waals surface area contributed by atoms with E-state index in [1.165, 1.54) is 24.1 Å². The van der Waals surface area contributed by atoms with Gasteiger partial charge in [-0.1, -0.05) is 6.42 Å². The molecule has 1 unspecified atom stereocenters. The van der Waals surface area contributed by atoms with Crippen LogP contribution in [0, 0.1) is 19.8 Å². The minimum Gasteiger partial charge on any atom is -0.322 e. The van der Waals surface area contributed by atoms with Gasteiger partial charge in [-0.15, -0.1) is 11.3 Å². The van der Waals surface area contributed by atoms with Crippen molar-refractivity contribution in [2.45, 2.75) is 39.2 Å². The van der Waals surface area contributed by atoms with E-state index in [0.717, 1.165) is 10.7 Å². The Kier molecular flexibility index (Phi) is 2.39. The summed E-state index contributed by atoms with van der Waals surface area (Å²) in [6.07, 6.45) is 3.93. The number of thiazole rings is 1. The van der Waals surface area contributed by atoms with E-state index in [0.29, 0.717) is 5.92 Å². The molecule has 1 fully saturated rings. The molecule has 0 spiro atoms. The molecular weight excluding hydrogens is 180 g/mol. The van der Waals surface area contributed by atoms with Gasteiger partial charge < -0.3 is 5.73 Å². The minimum absolute atomic E-state index is 0.200. The molecule has 0 bridgehead atoms. The number of nitrogens with zero attached hydrogens (tertiary/aromatic N) is 1. The van der Waals surface area contributed by atoms with Crippen LogP contribution < -0.4 is 5.73 Å². The Balaban J connectivity index is 2.14. The number of nitrogens with two attached hydrogens (primary N) is 1.